The Bertz CT molecular complexity index is 713. The molecule has 0 atom stereocenters. The van der Waals surface area contributed by atoms with Crippen molar-refractivity contribution in [2.45, 2.75) is 15.5 Å². The Balaban J connectivity index is 2.20. The predicted molar refractivity (Wildman–Crippen MR) is 112 cm³/mol. The van der Waals surface area contributed by atoms with Crippen molar-refractivity contribution in [2.75, 3.05) is 9.80 Å². The fourth-order valence-electron chi connectivity index (χ4n) is 2.69. The molecule has 2 amide bonds. The predicted octanol–water partition coefficient (Wildman–Crippen LogP) is 4.57. The van der Waals surface area contributed by atoms with Crippen LogP contribution in [0, 0.1) is 5.41 Å². The van der Waals surface area contributed by atoms with Crippen LogP contribution in [0.3, 0.4) is 0 Å². The summed E-state index contributed by atoms with van der Waals surface area (Å²) in [6.07, 6.45) is 0. The van der Waals surface area contributed by atoms with Gasteiger partial charge in [-0.1, -0.05) is 36.4 Å². The number of amides is 2. The highest BCUT2D eigenvalue weighted by molar-refractivity contribution is 14.2. The van der Waals surface area contributed by atoms with E-state index in [-0.39, 0.29) is 11.8 Å². The minimum Gasteiger partial charge on any atom is -0.273 e. The van der Waals surface area contributed by atoms with Crippen molar-refractivity contribution in [1.29, 1.82) is 0 Å². The fourth-order valence-corrected chi connectivity index (χ4v) is 4.68. The molecule has 2 aromatic carbocycles. The lowest BCUT2D eigenvalue weighted by Crippen LogP contribution is -2.69. The van der Waals surface area contributed by atoms with Gasteiger partial charge in [0.1, 0.15) is 5.41 Å². The lowest BCUT2D eigenvalue weighted by molar-refractivity contribution is -0.140. The van der Waals surface area contributed by atoms with E-state index in [9.17, 15) is 9.59 Å². The summed E-state index contributed by atoms with van der Waals surface area (Å²) in [7, 11) is 0. The summed E-state index contributed by atoms with van der Waals surface area (Å²) >= 11 is 4.33. The Morgan fingerprint density at radius 1 is 0.708 bits per heavy atom. The summed E-state index contributed by atoms with van der Waals surface area (Å²) in [6, 6.07) is 18.9. The first kappa shape index (κ1) is 17.7. The summed E-state index contributed by atoms with van der Waals surface area (Å²) in [4.78, 5) is 29.6. The van der Waals surface area contributed by atoms with Crippen LogP contribution in [0.4, 0.5) is 11.4 Å². The maximum Gasteiger partial charge on any atom is 0.245 e. The van der Waals surface area contributed by atoms with Gasteiger partial charge < -0.3 is 0 Å². The van der Waals surface area contributed by atoms with Crippen molar-refractivity contribution in [3.05, 3.63) is 60.7 Å². The molecule has 3 rings (SSSR count). The third kappa shape index (κ3) is 2.73. The molecule has 0 aromatic heterocycles. The molecule has 1 fully saturated rings. The first-order valence-electron chi connectivity index (χ1n) is 7.45. The number of alkyl halides is 2. The Hall–Kier alpha value is -1.16. The number of anilines is 2. The van der Waals surface area contributed by atoms with Gasteiger partial charge in [-0.25, -0.2) is 0 Å². The monoisotopic (exact) mass is 546 g/mol. The third-order valence-corrected chi connectivity index (χ3v) is 5.97. The number of rotatable bonds is 2. The van der Waals surface area contributed by atoms with Crippen LogP contribution in [-0.2, 0) is 9.59 Å². The molecule has 0 aliphatic carbocycles. The van der Waals surface area contributed by atoms with E-state index < -0.39 is 7.09 Å². The SMILES string of the molecule is CC1(C)C(=O)N(c2ccccc2)C(I)(I)N(c2ccccc2)C1=O. The molecule has 124 valence electrons. The van der Waals surface area contributed by atoms with E-state index in [0.29, 0.717) is 0 Å². The standard InChI is InChI=1S/C18H16I2N2O2/c1-17(2)15(23)21(13-9-5-3-6-10-13)18(19,20)22(16(17)24)14-11-7-4-8-12-14/h3-12H,1-2H3. The smallest absolute Gasteiger partial charge is 0.245 e. The Labute approximate surface area is 168 Å². The van der Waals surface area contributed by atoms with Gasteiger partial charge in [0.2, 0.25) is 13.5 Å². The Morgan fingerprint density at radius 3 is 1.38 bits per heavy atom. The molecule has 1 heterocycles. The second-order valence-electron chi connectivity index (χ2n) is 6.09. The van der Waals surface area contributed by atoms with E-state index in [2.05, 4.69) is 45.2 Å². The zero-order valence-electron chi connectivity index (χ0n) is 13.2. The van der Waals surface area contributed by atoms with Crippen molar-refractivity contribution < 1.29 is 9.59 Å². The summed E-state index contributed by atoms with van der Waals surface area (Å²) < 4.78 is -0.873. The lowest BCUT2D eigenvalue weighted by Gasteiger charge is -2.51. The number of para-hydroxylation sites is 2. The van der Waals surface area contributed by atoms with Crippen LogP contribution in [0.5, 0.6) is 0 Å². The van der Waals surface area contributed by atoms with Crippen LogP contribution in [0.2, 0.25) is 0 Å². The number of hydrogen-bond acceptors (Lipinski definition) is 2. The van der Waals surface area contributed by atoms with Crippen LogP contribution in [-0.4, -0.2) is 13.5 Å². The highest BCUT2D eigenvalue weighted by Crippen LogP contribution is 2.49. The van der Waals surface area contributed by atoms with Gasteiger partial charge in [-0.2, -0.15) is 0 Å². The zero-order valence-corrected chi connectivity index (χ0v) is 17.6. The number of nitrogens with zero attached hydrogens (tertiary/aromatic N) is 2. The van der Waals surface area contributed by atoms with E-state index >= 15 is 0 Å². The van der Waals surface area contributed by atoms with Crippen molar-refractivity contribution >= 4 is 68.4 Å². The number of carbonyl (C=O) groups is 2. The molecular formula is C18H16I2N2O2. The first-order valence-corrected chi connectivity index (χ1v) is 9.61. The molecule has 1 saturated heterocycles. The molecule has 0 spiro atoms. The second kappa shape index (κ2) is 6.29. The molecule has 0 unspecified atom stereocenters. The molecule has 1 aliphatic heterocycles. The molecule has 24 heavy (non-hydrogen) atoms. The van der Waals surface area contributed by atoms with Gasteiger partial charge in [-0.3, -0.25) is 19.4 Å². The second-order valence-corrected chi connectivity index (χ2v) is 11.2. The van der Waals surface area contributed by atoms with Crippen molar-refractivity contribution in [3.63, 3.8) is 0 Å². The van der Waals surface area contributed by atoms with Gasteiger partial charge in [0.25, 0.3) is 0 Å². The topological polar surface area (TPSA) is 40.6 Å². The van der Waals surface area contributed by atoms with Crippen molar-refractivity contribution in [1.82, 2.24) is 0 Å². The number of carbonyl (C=O) groups excluding carboxylic acids is 2. The van der Waals surface area contributed by atoms with Gasteiger partial charge in [0.15, 0.2) is 0 Å². The van der Waals surface area contributed by atoms with Gasteiger partial charge in [-0.05, 0) is 83.3 Å². The molecule has 0 saturated carbocycles. The van der Waals surface area contributed by atoms with E-state index in [1.807, 2.05) is 60.7 Å². The van der Waals surface area contributed by atoms with Crippen LogP contribution in [0.25, 0.3) is 0 Å². The van der Waals surface area contributed by atoms with Gasteiger partial charge in [0.05, 0.1) is 0 Å². The van der Waals surface area contributed by atoms with E-state index in [0.717, 1.165) is 11.4 Å². The molecule has 6 heteroatoms. The van der Waals surface area contributed by atoms with Crippen LogP contribution in [0.15, 0.2) is 60.7 Å². The van der Waals surface area contributed by atoms with Gasteiger partial charge in [0, 0.05) is 11.4 Å². The minimum absolute atomic E-state index is 0.199. The molecule has 2 aromatic rings. The van der Waals surface area contributed by atoms with E-state index in [1.54, 1.807) is 23.6 Å². The molecule has 0 N–H and O–H groups in total. The summed E-state index contributed by atoms with van der Waals surface area (Å²) in [5, 5.41) is 0. The van der Waals surface area contributed by atoms with Gasteiger partial charge >= 0.3 is 0 Å². The maximum atomic E-state index is 13.1. The van der Waals surface area contributed by atoms with Crippen LogP contribution < -0.4 is 9.80 Å². The van der Waals surface area contributed by atoms with E-state index in [4.69, 9.17) is 0 Å². The summed E-state index contributed by atoms with van der Waals surface area (Å²) in [5.74, 6) is -0.399. The maximum absolute atomic E-state index is 13.1. The Morgan fingerprint density at radius 2 is 1.04 bits per heavy atom. The lowest BCUT2D eigenvalue weighted by atomic mass is 9.87. The summed E-state index contributed by atoms with van der Waals surface area (Å²) in [6.45, 7) is 3.37. The fraction of sp³-hybridized carbons (Fsp3) is 0.222. The minimum atomic E-state index is -1.13. The van der Waals surface area contributed by atoms with Crippen molar-refractivity contribution in [3.8, 4) is 0 Å². The number of hydrogen-bond donors (Lipinski definition) is 0. The van der Waals surface area contributed by atoms with Crippen molar-refractivity contribution in [2.24, 2.45) is 5.41 Å². The third-order valence-electron chi connectivity index (χ3n) is 4.04. The summed E-state index contributed by atoms with van der Waals surface area (Å²) in [5.41, 5.74) is 0.409. The molecule has 1 aliphatic rings. The Kier molecular flexibility index (Phi) is 4.63. The average molecular weight is 546 g/mol. The highest BCUT2D eigenvalue weighted by atomic mass is 127. The number of halogens is 2. The highest BCUT2D eigenvalue weighted by Gasteiger charge is 2.58. The molecule has 0 bridgehead atoms. The van der Waals surface area contributed by atoms with Crippen LogP contribution >= 0.6 is 45.2 Å². The quantitative estimate of drug-likeness (QED) is 0.240. The van der Waals surface area contributed by atoms with E-state index in [1.165, 1.54) is 0 Å². The first-order chi connectivity index (χ1) is 11.3. The van der Waals surface area contributed by atoms with Gasteiger partial charge in [-0.15, -0.1) is 0 Å². The molecular weight excluding hydrogens is 530 g/mol. The van der Waals surface area contributed by atoms with Crippen LogP contribution in [0.1, 0.15) is 13.8 Å². The molecule has 4 nitrogen and oxygen atoms in total. The molecule has 0 radical (unpaired) electrons. The largest absolute Gasteiger partial charge is 0.273 e. The number of benzene rings is 2. The normalized spacial score (nSPS) is 19.5. The zero-order chi connectivity index (χ0) is 17.5. The average Bonchev–Trinajstić information content (AvgIpc) is 2.55.